The van der Waals surface area contributed by atoms with Gasteiger partial charge in [-0.1, -0.05) is 121 Å². The van der Waals surface area contributed by atoms with Crippen LogP contribution in [-0.4, -0.2) is 14.1 Å². The molecule has 0 bridgehead atoms. The number of hydrogen-bond acceptors (Lipinski definition) is 1. The Labute approximate surface area is 311 Å². The van der Waals surface area contributed by atoms with Gasteiger partial charge in [-0.25, -0.2) is 0 Å². The van der Waals surface area contributed by atoms with Gasteiger partial charge in [0.15, 0.2) is 0 Å². The van der Waals surface area contributed by atoms with E-state index in [-0.39, 0.29) is 0 Å². The number of rotatable bonds is 4. The molecule has 0 radical (unpaired) electrons. The number of aromatic nitrogens is 3. The van der Waals surface area contributed by atoms with Crippen molar-refractivity contribution in [3.63, 3.8) is 0 Å². The van der Waals surface area contributed by atoms with Crippen molar-refractivity contribution in [1.82, 2.24) is 14.1 Å². The molecule has 8 aromatic carbocycles. The van der Waals surface area contributed by atoms with Crippen LogP contribution in [0.25, 0.3) is 110 Å². The van der Waals surface area contributed by atoms with Crippen molar-refractivity contribution in [2.75, 3.05) is 0 Å². The molecule has 54 heavy (non-hydrogen) atoms. The van der Waals surface area contributed by atoms with Crippen LogP contribution in [0.2, 0.25) is 0 Å². The van der Waals surface area contributed by atoms with Gasteiger partial charge >= 0.3 is 0 Å². The smallest absolute Gasteiger partial charge is 0.0547 e. The standard InChI is InChI=1S/C51H31N3/c1-2-11-32(12-3-1)33-13-8-15-37(27-33)53-45-20-6-4-16-38(45)42-28-34(23-25-47(42)53)35-24-26-48-43(29-35)39-17-5-7-21-46(39)54(48)49-22-10-19-41-40-18-9-14-36-30-52-31-44(50(36)40)51(41)49/h1-31H. The van der Waals surface area contributed by atoms with E-state index in [9.17, 15) is 0 Å². The number of benzene rings is 8. The van der Waals surface area contributed by atoms with E-state index in [0.717, 1.165) is 5.69 Å². The third-order valence-corrected chi connectivity index (χ3v) is 11.5. The second-order valence-electron chi connectivity index (χ2n) is 14.4. The van der Waals surface area contributed by atoms with Crippen LogP contribution in [0.1, 0.15) is 0 Å². The first-order valence-corrected chi connectivity index (χ1v) is 18.5. The van der Waals surface area contributed by atoms with E-state index in [1.807, 2.05) is 12.4 Å². The van der Waals surface area contributed by atoms with E-state index in [4.69, 9.17) is 0 Å². The molecule has 0 saturated heterocycles. The SMILES string of the molecule is c1ccc(-c2cccc(-n3c4ccccc4c4cc(-c5ccc6c(c5)c5ccccc5n6-c5cccc6c5-c5cncc7cccc-6c57)ccc43)c2)cc1. The molecule has 3 nitrogen and oxygen atoms in total. The van der Waals surface area contributed by atoms with E-state index < -0.39 is 0 Å². The maximum Gasteiger partial charge on any atom is 0.0547 e. The highest BCUT2D eigenvalue weighted by molar-refractivity contribution is 6.18. The molecule has 0 unspecified atom stereocenters. The van der Waals surface area contributed by atoms with Gasteiger partial charge in [-0.05, 0) is 88.0 Å². The molecule has 0 spiro atoms. The van der Waals surface area contributed by atoms with E-state index in [2.05, 4.69) is 190 Å². The van der Waals surface area contributed by atoms with E-state index in [1.165, 1.54) is 105 Å². The van der Waals surface area contributed by atoms with E-state index >= 15 is 0 Å². The lowest BCUT2D eigenvalue weighted by molar-refractivity contribution is 1.18. The fourth-order valence-electron chi connectivity index (χ4n) is 9.18. The third kappa shape index (κ3) is 4.09. The summed E-state index contributed by atoms with van der Waals surface area (Å²) in [6.07, 6.45) is 4.02. The van der Waals surface area contributed by atoms with Crippen LogP contribution in [0.15, 0.2) is 188 Å². The fourth-order valence-corrected chi connectivity index (χ4v) is 9.18. The summed E-state index contributed by atoms with van der Waals surface area (Å²) in [5.41, 5.74) is 17.0. The molecule has 0 aliphatic heterocycles. The van der Waals surface area contributed by atoms with Crippen molar-refractivity contribution in [3.05, 3.63) is 188 Å². The summed E-state index contributed by atoms with van der Waals surface area (Å²) in [5, 5.41) is 7.46. The molecule has 1 aliphatic rings. The summed E-state index contributed by atoms with van der Waals surface area (Å²) in [6.45, 7) is 0. The highest BCUT2D eigenvalue weighted by Crippen LogP contribution is 2.50. The van der Waals surface area contributed by atoms with Crippen molar-refractivity contribution < 1.29 is 0 Å². The zero-order valence-corrected chi connectivity index (χ0v) is 29.2. The predicted octanol–water partition coefficient (Wildman–Crippen LogP) is 13.4. The van der Waals surface area contributed by atoms with Crippen molar-refractivity contribution in [2.45, 2.75) is 0 Å². The molecule has 3 heteroatoms. The summed E-state index contributed by atoms with van der Waals surface area (Å²) in [7, 11) is 0. The van der Waals surface area contributed by atoms with Gasteiger partial charge in [-0.15, -0.1) is 0 Å². The van der Waals surface area contributed by atoms with E-state index in [1.54, 1.807) is 0 Å². The molecule has 0 saturated carbocycles. The van der Waals surface area contributed by atoms with E-state index in [0.29, 0.717) is 0 Å². The molecule has 0 amide bonds. The summed E-state index contributed by atoms with van der Waals surface area (Å²) in [5.74, 6) is 0. The Morgan fingerprint density at radius 2 is 0.944 bits per heavy atom. The Morgan fingerprint density at radius 3 is 1.72 bits per heavy atom. The van der Waals surface area contributed by atoms with Crippen molar-refractivity contribution in [1.29, 1.82) is 0 Å². The number of fused-ring (bicyclic) bond motifs is 9. The molecule has 3 aromatic heterocycles. The Morgan fingerprint density at radius 1 is 0.352 bits per heavy atom. The van der Waals surface area contributed by atoms with Crippen LogP contribution >= 0.6 is 0 Å². The molecule has 0 atom stereocenters. The van der Waals surface area contributed by atoms with Gasteiger partial charge in [0, 0.05) is 61.5 Å². The molecular weight excluding hydrogens is 655 g/mol. The monoisotopic (exact) mass is 685 g/mol. The van der Waals surface area contributed by atoms with Crippen LogP contribution in [0.4, 0.5) is 0 Å². The Kier molecular flexibility index (Phi) is 6.05. The number of nitrogens with zero attached hydrogens (tertiary/aromatic N) is 3. The maximum atomic E-state index is 4.67. The van der Waals surface area contributed by atoms with Crippen LogP contribution < -0.4 is 0 Å². The lowest BCUT2D eigenvalue weighted by atomic mass is 10.0. The number of hydrogen-bond donors (Lipinski definition) is 0. The highest BCUT2D eigenvalue weighted by atomic mass is 15.0. The van der Waals surface area contributed by atoms with Gasteiger partial charge in [-0.3, -0.25) is 4.98 Å². The van der Waals surface area contributed by atoms with Crippen LogP contribution in [0, 0.1) is 0 Å². The van der Waals surface area contributed by atoms with Gasteiger partial charge in [0.05, 0.1) is 27.8 Å². The summed E-state index contributed by atoms with van der Waals surface area (Å²) in [6, 6.07) is 64.3. The minimum atomic E-state index is 1.16. The molecule has 0 N–H and O–H groups in total. The van der Waals surface area contributed by atoms with Crippen LogP contribution in [0.5, 0.6) is 0 Å². The lowest BCUT2D eigenvalue weighted by Gasteiger charge is -2.14. The summed E-state index contributed by atoms with van der Waals surface area (Å²) in [4.78, 5) is 4.67. The fraction of sp³-hybridized carbons (Fsp3) is 0. The zero-order chi connectivity index (χ0) is 35.3. The summed E-state index contributed by atoms with van der Waals surface area (Å²) >= 11 is 0. The molecule has 1 aliphatic carbocycles. The molecule has 0 fully saturated rings. The first kappa shape index (κ1) is 29.4. The second-order valence-corrected chi connectivity index (χ2v) is 14.4. The minimum absolute atomic E-state index is 1.16. The number of para-hydroxylation sites is 2. The molecule has 3 heterocycles. The van der Waals surface area contributed by atoms with Crippen LogP contribution in [-0.2, 0) is 0 Å². The number of pyridine rings is 1. The lowest BCUT2D eigenvalue weighted by Crippen LogP contribution is -1.97. The van der Waals surface area contributed by atoms with Gasteiger partial charge in [0.1, 0.15) is 0 Å². The molecule has 11 aromatic rings. The Hall–Kier alpha value is -7.23. The minimum Gasteiger partial charge on any atom is -0.309 e. The Balaban J connectivity index is 1.04. The van der Waals surface area contributed by atoms with Gasteiger partial charge in [-0.2, -0.15) is 0 Å². The zero-order valence-electron chi connectivity index (χ0n) is 29.2. The third-order valence-electron chi connectivity index (χ3n) is 11.5. The first-order valence-electron chi connectivity index (χ1n) is 18.5. The van der Waals surface area contributed by atoms with Crippen molar-refractivity contribution in [2.24, 2.45) is 0 Å². The van der Waals surface area contributed by atoms with Gasteiger partial charge in [0.25, 0.3) is 0 Å². The molecular formula is C51H31N3. The highest BCUT2D eigenvalue weighted by Gasteiger charge is 2.26. The summed E-state index contributed by atoms with van der Waals surface area (Å²) < 4.78 is 4.86. The topological polar surface area (TPSA) is 22.8 Å². The molecule has 250 valence electrons. The van der Waals surface area contributed by atoms with Gasteiger partial charge < -0.3 is 9.13 Å². The maximum absolute atomic E-state index is 4.67. The Bertz CT molecular complexity index is 3320. The molecule has 12 rings (SSSR count). The largest absolute Gasteiger partial charge is 0.309 e. The quantitative estimate of drug-likeness (QED) is 0.181. The van der Waals surface area contributed by atoms with Gasteiger partial charge in [0.2, 0.25) is 0 Å². The van der Waals surface area contributed by atoms with Crippen molar-refractivity contribution in [3.8, 4) is 55.9 Å². The first-order chi connectivity index (χ1) is 26.8. The average Bonchev–Trinajstić information content (AvgIpc) is 3.88. The van der Waals surface area contributed by atoms with Crippen molar-refractivity contribution >= 4 is 54.4 Å². The average molecular weight is 686 g/mol. The predicted molar refractivity (Wildman–Crippen MR) is 226 cm³/mol. The normalized spacial score (nSPS) is 12.1. The van der Waals surface area contributed by atoms with Crippen LogP contribution in [0.3, 0.4) is 0 Å². The second kappa shape index (κ2) is 11.1.